The van der Waals surface area contributed by atoms with E-state index < -0.39 is 16.0 Å². The van der Waals surface area contributed by atoms with Crippen molar-refractivity contribution in [1.82, 2.24) is 14.5 Å². The molecule has 1 aromatic heterocycles. The van der Waals surface area contributed by atoms with Crippen molar-refractivity contribution in [2.24, 2.45) is 7.05 Å². The molecule has 0 atom stereocenters. The molecule has 0 unspecified atom stereocenters. The predicted molar refractivity (Wildman–Crippen MR) is 80.0 cm³/mol. The van der Waals surface area contributed by atoms with Crippen LogP contribution in [0.5, 0.6) is 0 Å². The zero-order valence-electron chi connectivity index (χ0n) is 11.9. The van der Waals surface area contributed by atoms with Gasteiger partial charge in [-0.3, -0.25) is 4.68 Å². The van der Waals surface area contributed by atoms with Gasteiger partial charge in [0.2, 0.25) is 10.0 Å². The van der Waals surface area contributed by atoms with Crippen molar-refractivity contribution in [3.63, 3.8) is 0 Å². The number of sulfonamides is 1. The molecule has 0 bridgehead atoms. The molecular formula is C13H14ClN3O4S. The number of aromatic nitrogens is 2. The van der Waals surface area contributed by atoms with Crippen LogP contribution in [0.15, 0.2) is 35.5 Å². The summed E-state index contributed by atoms with van der Waals surface area (Å²) in [5.74, 6) is -0.589. The molecule has 0 spiro atoms. The van der Waals surface area contributed by atoms with Crippen LogP contribution in [0.25, 0.3) is 0 Å². The van der Waals surface area contributed by atoms with Gasteiger partial charge in [0.25, 0.3) is 0 Å². The van der Waals surface area contributed by atoms with Crippen LogP contribution in [-0.2, 0) is 28.4 Å². The number of hydrogen-bond acceptors (Lipinski definition) is 5. The van der Waals surface area contributed by atoms with E-state index in [1.165, 1.54) is 25.3 Å². The van der Waals surface area contributed by atoms with Gasteiger partial charge in [-0.25, -0.2) is 17.9 Å². The van der Waals surface area contributed by atoms with Gasteiger partial charge in [-0.15, -0.1) is 0 Å². The van der Waals surface area contributed by atoms with E-state index >= 15 is 0 Å². The number of nitrogens with one attached hydrogen (secondary N) is 1. The number of carbonyl (C=O) groups is 1. The highest BCUT2D eigenvalue weighted by molar-refractivity contribution is 7.89. The average Bonchev–Trinajstić information content (AvgIpc) is 2.89. The van der Waals surface area contributed by atoms with Gasteiger partial charge in [-0.1, -0.05) is 11.6 Å². The fourth-order valence-corrected chi connectivity index (χ4v) is 3.34. The molecule has 0 aliphatic carbocycles. The van der Waals surface area contributed by atoms with E-state index in [0.717, 1.165) is 0 Å². The standard InChI is InChI=1S/C13H14ClN3O4S/c1-17-8-9(6-15-17)7-16-22(19,20)12-4-3-10(5-11(12)14)13(18)21-2/h3-6,8,16H,7H2,1-2H3. The fraction of sp³-hybridized carbons (Fsp3) is 0.231. The van der Waals surface area contributed by atoms with Crippen LogP contribution in [0.3, 0.4) is 0 Å². The summed E-state index contributed by atoms with van der Waals surface area (Å²) in [6.07, 6.45) is 3.26. The molecule has 2 aromatic rings. The number of aryl methyl sites for hydroxylation is 1. The number of ether oxygens (including phenoxy) is 1. The van der Waals surface area contributed by atoms with Crippen molar-refractivity contribution in [2.45, 2.75) is 11.4 Å². The minimum atomic E-state index is -3.80. The minimum absolute atomic E-state index is 0.0541. The summed E-state index contributed by atoms with van der Waals surface area (Å²) in [5, 5.41) is 3.90. The first-order valence-corrected chi connectivity index (χ1v) is 8.04. The second-order valence-electron chi connectivity index (χ2n) is 4.48. The van der Waals surface area contributed by atoms with Gasteiger partial charge in [0, 0.05) is 25.4 Å². The van der Waals surface area contributed by atoms with E-state index in [4.69, 9.17) is 11.6 Å². The van der Waals surface area contributed by atoms with Crippen LogP contribution in [0, 0.1) is 0 Å². The Kier molecular flexibility index (Phi) is 4.84. The van der Waals surface area contributed by atoms with E-state index in [1.54, 1.807) is 24.1 Å². The Hall–Kier alpha value is -1.90. The molecule has 0 amide bonds. The van der Waals surface area contributed by atoms with Crippen molar-refractivity contribution in [3.8, 4) is 0 Å². The van der Waals surface area contributed by atoms with E-state index in [1.807, 2.05) is 0 Å². The van der Waals surface area contributed by atoms with E-state index in [-0.39, 0.29) is 22.0 Å². The van der Waals surface area contributed by atoms with Crippen LogP contribution in [0.4, 0.5) is 0 Å². The lowest BCUT2D eigenvalue weighted by molar-refractivity contribution is 0.0600. The summed E-state index contributed by atoms with van der Waals surface area (Å²) in [4.78, 5) is 11.3. The SMILES string of the molecule is COC(=O)c1ccc(S(=O)(=O)NCc2cnn(C)c2)c(Cl)c1. The third-order valence-corrected chi connectivity index (χ3v) is 4.75. The predicted octanol–water partition coefficient (Wildman–Crippen LogP) is 1.34. The highest BCUT2D eigenvalue weighted by Crippen LogP contribution is 2.23. The van der Waals surface area contributed by atoms with Crippen LogP contribution < -0.4 is 4.72 Å². The van der Waals surface area contributed by atoms with E-state index in [2.05, 4.69) is 14.6 Å². The zero-order valence-corrected chi connectivity index (χ0v) is 13.5. The monoisotopic (exact) mass is 343 g/mol. The molecule has 118 valence electrons. The highest BCUT2D eigenvalue weighted by Gasteiger charge is 2.19. The van der Waals surface area contributed by atoms with Gasteiger partial charge in [-0.2, -0.15) is 5.10 Å². The number of rotatable bonds is 5. The number of esters is 1. The Morgan fingerprint density at radius 2 is 2.18 bits per heavy atom. The van der Waals surface area contributed by atoms with Gasteiger partial charge in [0.1, 0.15) is 4.90 Å². The lowest BCUT2D eigenvalue weighted by Gasteiger charge is -2.08. The third-order valence-electron chi connectivity index (χ3n) is 2.87. The molecule has 2 rings (SSSR count). The molecule has 1 N–H and O–H groups in total. The maximum Gasteiger partial charge on any atom is 0.337 e. The molecule has 0 fully saturated rings. The van der Waals surface area contributed by atoms with Gasteiger partial charge in [0.05, 0.1) is 23.9 Å². The molecule has 0 aliphatic heterocycles. The Balaban J connectivity index is 2.20. The molecule has 0 aliphatic rings. The zero-order chi connectivity index (χ0) is 16.3. The quantitative estimate of drug-likeness (QED) is 0.827. The first-order chi connectivity index (χ1) is 10.3. The summed E-state index contributed by atoms with van der Waals surface area (Å²) in [5.41, 5.74) is 0.895. The van der Waals surface area contributed by atoms with E-state index in [9.17, 15) is 13.2 Å². The number of halogens is 1. The van der Waals surface area contributed by atoms with Crippen LogP contribution in [0.2, 0.25) is 5.02 Å². The number of benzene rings is 1. The highest BCUT2D eigenvalue weighted by atomic mass is 35.5. The first-order valence-electron chi connectivity index (χ1n) is 6.18. The second-order valence-corrected chi connectivity index (χ2v) is 6.63. The summed E-state index contributed by atoms with van der Waals surface area (Å²) >= 11 is 5.96. The number of methoxy groups -OCH3 is 1. The number of nitrogens with zero attached hydrogens (tertiary/aromatic N) is 2. The first kappa shape index (κ1) is 16.5. The van der Waals surface area contributed by atoms with Crippen LogP contribution >= 0.6 is 11.6 Å². The van der Waals surface area contributed by atoms with Crippen molar-refractivity contribution in [2.75, 3.05) is 7.11 Å². The molecule has 1 aromatic carbocycles. The average molecular weight is 344 g/mol. The van der Waals surface area contributed by atoms with Crippen LogP contribution in [-0.4, -0.2) is 31.3 Å². The molecule has 0 saturated heterocycles. The smallest absolute Gasteiger partial charge is 0.337 e. The Morgan fingerprint density at radius 1 is 1.45 bits per heavy atom. The van der Waals surface area contributed by atoms with Crippen LogP contribution in [0.1, 0.15) is 15.9 Å². The van der Waals surface area contributed by atoms with Crippen molar-refractivity contribution >= 4 is 27.6 Å². The maximum absolute atomic E-state index is 12.2. The van der Waals surface area contributed by atoms with E-state index in [0.29, 0.717) is 5.56 Å². The molecule has 22 heavy (non-hydrogen) atoms. The summed E-state index contributed by atoms with van der Waals surface area (Å²) in [6.45, 7) is 0.0885. The maximum atomic E-state index is 12.2. The van der Waals surface area contributed by atoms with Gasteiger partial charge >= 0.3 is 5.97 Å². The Morgan fingerprint density at radius 3 is 2.73 bits per heavy atom. The Bertz CT molecular complexity index is 801. The van der Waals surface area contributed by atoms with Crippen molar-refractivity contribution in [3.05, 3.63) is 46.7 Å². The lowest BCUT2D eigenvalue weighted by atomic mass is 10.2. The number of hydrogen-bond donors (Lipinski definition) is 1. The normalized spacial score (nSPS) is 11.4. The summed E-state index contributed by atoms with van der Waals surface area (Å²) < 4.78 is 33.0. The summed E-state index contributed by atoms with van der Waals surface area (Å²) in [6, 6.07) is 3.86. The summed E-state index contributed by atoms with van der Waals surface area (Å²) in [7, 11) is -0.831. The van der Waals surface area contributed by atoms with Gasteiger partial charge in [-0.05, 0) is 18.2 Å². The number of carbonyl (C=O) groups excluding carboxylic acids is 1. The molecule has 1 heterocycles. The molecule has 7 nitrogen and oxygen atoms in total. The Labute approximate surface area is 132 Å². The second kappa shape index (κ2) is 6.47. The molecule has 9 heteroatoms. The largest absolute Gasteiger partial charge is 0.465 e. The van der Waals surface area contributed by atoms with Crippen molar-refractivity contribution in [1.29, 1.82) is 0 Å². The molecular weight excluding hydrogens is 330 g/mol. The molecule has 0 radical (unpaired) electrons. The minimum Gasteiger partial charge on any atom is -0.465 e. The van der Waals surface area contributed by atoms with Gasteiger partial charge < -0.3 is 4.74 Å². The third kappa shape index (κ3) is 3.65. The van der Waals surface area contributed by atoms with Crippen molar-refractivity contribution < 1.29 is 17.9 Å². The van der Waals surface area contributed by atoms with Gasteiger partial charge in [0.15, 0.2) is 0 Å². The lowest BCUT2D eigenvalue weighted by Crippen LogP contribution is -2.23. The fourth-order valence-electron chi connectivity index (χ4n) is 1.78. The molecule has 0 saturated carbocycles. The topological polar surface area (TPSA) is 90.3 Å².